The van der Waals surface area contributed by atoms with E-state index in [0.29, 0.717) is 12.8 Å². The van der Waals surface area contributed by atoms with Crippen molar-refractivity contribution in [1.29, 1.82) is 0 Å². The zero-order valence-electron chi connectivity index (χ0n) is 36.1. The first-order valence-electron chi connectivity index (χ1n) is 23.2. The maximum atomic E-state index is 13.0. The topological polar surface area (TPSA) is 189 Å². The minimum Gasteiger partial charge on any atom is -0.394 e. The van der Waals surface area contributed by atoms with Gasteiger partial charge < -0.3 is 50.5 Å². The Morgan fingerprint density at radius 1 is 0.596 bits per heavy atom. The molecule has 9 atom stereocenters. The van der Waals surface area contributed by atoms with E-state index in [2.05, 4.69) is 43.5 Å². The maximum absolute atomic E-state index is 13.0. The van der Waals surface area contributed by atoms with Gasteiger partial charge in [-0.3, -0.25) is 4.79 Å². The lowest BCUT2D eigenvalue weighted by Crippen LogP contribution is -2.60. The second-order valence-corrected chi connectivity index (χ2v) is 16.5. The van der Waals surface area contributed by atoms with Crippen LogP contribution < -0.4 is 5.32 Å². The van der Waals surface area contributed by atoms with Gasteiger partial charge in [0.1, 0.15) is 36.6 Å². The van der Waals surface area contributed by atoms with Crippen LogP contribution in [0.4, 0.5) is 0 Å². The predicted molar refractivity (Wildman–Crippen MR) is 229 cm³/mol. The minimum atomic E-state index is -1.67. The van der Waals surface area contributed by atoms with Crippen molar-refractivity contribution in [2.45, 2.75) is 249 Å². The molecule has 336 valence electrons. The summed E-state index contributed by atoms with van der Waals surface area (Å²) in [6.45, 7) is 3.37. The Labute approximate surface area is 346 Å². The molecule has 0 radical (unpaired) electrons. The Kier molecular flexibility index (Phi) is 34.3. The number of aliphatic hydroxyl groups is 7. The molecule has 9 unspecified atom stereocenters. The molecule has 11 nitrogen and oxygen atoms in total. The van der Waals surface area contributed by atoms with E-state index in [9.17, 15) is 40.5 Å². The summed E-state index contributed by atoms with van der Waals surface area (Å²) in [5.74, 6) is -0.713. The molecular formula is C46H87NO10. The number of nitrogens with one attached hydrogen (secondary N) is 1. The van der Waals surface area contributed by atoms with Crippen LogP contribution in [-0.2, 0) is 14.3 Å². The third-order valence-corrected chi connectivity index (χ3v) is 11.2. The Morgan fingerprint density at radius 2 is 1.04 bits per heavy atom. The van der Waals surface area contributed by atoms with E-state index in [0.717, 1.165) is 57.8 Å². The number of rotatable bonds is 38. The molecule has 1 rings (SSSR count). The van der Waals surface area contributed by atoms with E-state index < -0.39 is 74.2 Å². The van der Waals surface area contributed by atoms with Crippen molar-refractivity contribution in [2.75, 3.05) is 13.2 Å². The van der Waals surface area contributed by atoms with Crippen LogP contribution in [0.15, 0.2) is 24.3 Å². The molecular weight excluding hydrogens is 727 g/mol. The first kappa shape index (κ1) is 53.6. The number of aliphatic hydroxyl groups excluding tert-OH is 7. The molecule has 0 aromatic heterocycles. The molecule has 1 aliphatic rings. The van der Waals surface area contributed by atoms with Gasteiger partial charge in [0.2, 0.25) is 5.91 Å². The van der Waals surface area contributed by atoms with Gasteiger partial charge in [-0.25, -0.2) is 0 Å². The van der Waals surface area contributed by atoms with Gasteiger partial charge in [0.25, 0.3) is 0 Å². The molecule has 0 saturated carbocycles. The summed E-state index contributed by atoms with van der Waals surface area (Å²) in [6, 6.07) is -1.18. The first-order chi connectivity index (χ1) is 27.7. The Morgan fingerprint density at radius 3 is 1.53 bits per heavy atom. The number of unbranched alkanes of at least 4 members (excludes halogenated alkanes) is 22. The van der Waals surface area contributed by atoms with Crippen molar-refractivity contribution in [2.24, 2.45) is 0 Å². The smallest absolute Gasteiger partial charge is 0.249 e. The lowest BCUT2D eigenvalue weighted by Gasteiger charge is -2.40. The molecule has 0 aliphatic carbocycles. The fraction of sp³-hybridized carbons (Fsp3) is 0.891. The van der Waals surface area contributed by atoms with Gasteiger partial charge in [-0.2, -0.15) is 0 Å². The van der Waals surface area contributed by atoms with Crippen molar-refractivity contribution in [3.63, 3.8) is 0 Å². The molecule has 11 heteroatoms. The Bertz CT molecular complexity index is 981. The van der Waals surface area contributed by atoms with Gasteiger partial charge in [0, 0.05) is 0 Å². The molecule has 57 heavy (non-hydrogen) atoms. The number of allylic oxidation sites excluding steroid dienone is 4. The van der Waals surface area contributed by atoms with Crippen LogP contribution in [0, 0.1) is 0 Å². The van der Waals surface area contributed by atoms with Crippen molar-refractivity contribution in [3.05, 3.63) is 24.3 Å². The summed E-state index contributed by atoms with van der Waals surface area (Å²) in [6.07, 6.45) is 28.2. The molecule has 0 bridgehead atoms. The van der Waals surface area contributed by atoms with E-state index >= 15 is 0 Å². The van der Waals surface area contributed by atoms with Gasteiger partial charge in [-0.05, 0) is 64.2 Å². The van der Waals surface area contributed by atoms with Gasteiger partial charge in [-0.1, -0.05) is 154 Å². The largest absolute Gasteiger partial charge is 0.394 e. The second-order valence-electron chi connectivity index (χ2n) is 16.5. The third-order valence-electron chi connectivity index (χ3n) is 11.2. The van der Waals surface area contributed by atoms with Crippen LogP contribution >= 0.6 is 0 Å². The molecule has 8 N–H and O–H groups in total. The third kappa shape index (κ3) is 26.4. The van der Waals surface area contributed by atoms with Crippen molar-refractivity contribution < 1.29 is 50.0 Å². The van der Waals surface area contributed by atoms with E-state index in [1.54, 1.807) is 0 Å². The highest BCUT2D eigenvalue weighted by atomic mass is 16.7. The molecule has 1 fully saturated rings. The monoisotopic (exact) mass is 814 g/mol. The Hall–Kier alpha value is -1.41. The van der Waals surface area contributed by atoms with Gasteiger partial charge in [0.15, 0.2) is 6.29 Å². The zero-order chi connectivity index (χ0) is 41.9. The van der Waals surface area contributed by atoms with Crippen LogP contribution in [0.25, 0.3) is 0 Å². The number of carbonyl (C=O) groups excluding carboxylic acids is 1. The molecule has 1 amide bonds. The molecule has 1 aliphatic heterocycles. The average molecular weight is 814 g/mol. The SMILES string of the molecule is CCCCCC/C=C/CCCC(O)C(O)C(COC1OC(CO)C(O)C(O)C1O)NC(=O)C(O)CCCCCCCC/C=C\CCCCCCCCCCCCC. The van der Waals surface area contributed by atoms with Crippen LogP contribution in [0.5, 0.6) is 0 Å². The van der Waals surface area contributed by atoms with E-state index in [1.165, 1.54) is 96.3 Å². The van der Waals surface area contributed by atoms with Crippen molar-refractivity contribution in [3.8, 4) is 0 Å². The summed E-state index contributed by atoms with van der Waals surface area (Å²) in [4.78, 5) is 13.0. The fourth-order valence-corrected chi connectivity index (χ4v) is 7.32. The number of hydrogen-bond donors (Lipinski definition) is 8. The van der Waals surface area contributed by atoms with Crippen LogP contribution in [0.3, 0.4) is 0 Å². The first-order valence-corrected chi connectivity index (χ1v) is 23.2. The highest BCUT2D eigenvalue weighted by Gasteiger charge is 2.44. The molecule has 0 aromatic carbocycles. The highest BCUT2D eigenvalue weighted by molar-refractivity contribution is 5.80. The van der Waals surface area contributed by atoms with Gasteiger partial charge in [0.05, 0.1) is 25.4 Å². The summed E-state index contributed by atoms with van der Waals surface area (Å²) in [5, 5.41) is 75.4. The van der Waals surface area contributed by atoms with Crippen molar-refractivity contribution >= 4 is 5.91 Å². The number of carbonyl (C=O) groups is 1. The lowest BCUT2D eigenvalue weighted by atomic mass is 9.98. The van der Waals surface area contributed by atoms with Crippen LogP contribution in [0.1, 0.15) is 194 Å². The standard InChI is InChI=1S/C46H87NO10/c1-3-5-7-9-11-13-14-15-16-17-18-19-20-21-22-23-24-26-28-30-32-34-39(50)45(55)47-37(36-56-46-44(54)43(53)42(52)40(35-48)57-46)41(51)38(49)33-31-29-27-25-12-10-8-6-4-2/h20-21,25,27,37-44,46,48-54H,3-19,22-24,26,28-36H2,1-2H3,(H,47,55)/b21-20-,27-25+. The second kappa shape index (κ2) is 36.4. The van der Waals surface area contributed by atoms with Gasteiger partial charge >= 0.3 is 0 Å². The molecule has 0 spiro atoms. The molecule has 0 aromatic rings. The summed E-state index contributed by atoms with van der Waals surface area (Å²) >= 11 is 0. The van der Waals surface area contributed by atoms with E-state index in [-0.39, 0.29) is 12.8 Å². The normalized spacial score (nSPS) is 22.3. The van der Waals surface area contributed by atoms with Crippen LogP contribution in [0.2, 0.25) is 0 Å². The Balaban J connectivity index is 2.39. The van der Waals surface area contributed by atoms with E-state index in [4.69, 9.17) is 9.47 Å². The lowest BCUT2D eigenvalue weighted by molar-refractivity contribution is -0.303. The number of amides is 1. The summed E-state index contributed by atoms with van der Waals surface area (Å²) in [5.41, 5.74) is 0. The average Bonchev–Trinajstić information content (AvgIpc) is 3.21. The van der Waals surface area contributed by atoms with Gasteiger partial charge in [-0.15, -0.1) is 0 Å². The maximum Gasteiger partial charge on any atom is 0.249 e. The molecule has 1 heterocycles. The molecule has 1 saturated heterocycles. The van der Waals surface area contributed by atoms with Crippen LogP contribution in [-0.4, -0.2) is 110 Å². The van der Waals surface area contributed by atoms with E-state index in [1.807, 2.05) is 0 Å². The zero-order valence-corrected chi connectivity index (χ0v) is 36.1. The fourth-order valence-electron chi connectivity index (χ4n) is 7.32. The highest BCUT2D eigenvalue weighted by Crippen LogP contribution is 2.23. The number of hydrogen-bond acceptors (Lipinski definition) is 10. The summed E-state index contributed by atoms with van der Waals surface area (Å²) in [7, 11) is 0. The van der Waals surface area contributed by atoms with Crippen molar-refractivity contribution in [1.82, 2.24) is 5.32 Å². The summed E-state index contributed by atoms with van der Waals surface area (Å²) < 4.78 is 11.0. The quantitative estimate of drug-likeness (QED) is 0.0230. The predicted octanol–water partition coefficient (Wildman–Crippen LogP) is 7.45. The minimum absolute atomic E-state index is 0.247. The number of ether oxygens (including phenoxy) is 2.